The van der Waals surface area contributed by atoms with Crippen molar-refractivity contribution in [2.24, 2.45) is 0 Å². The van der Waals surface area contributed by atoms with Crippen LogP contribution < -0.4 is 5.32 Å². The van der Waals surface area contributed by atoms with Gasteiger partial charge in [-0.3, -0.25) is 4.79 Å². The molecular weight excluding hydrogens is 399 g/mol. The van der Waals surface area contributed by atoms with Gasteiger partial charge in [-0.05, 0) is 18.6 Å². The van der Waals surface area contributed by atoms with Crippen molar-refractivity contribution in [2.45, 2.75) is 25.9 Å². The SMILES string of the molecule is CC(=O)SCC1=C(C(=O)O)C(c2ccccc2C(F)(F)F)C(C(=O)O)=C(C)N1. The minimum Gasteiger partial charge on any atom is -0.478 e. The molecule has 10 heteroatoms. The molecule has 1 aliphatic heterocycles. The van der Waals surface area contributed by atoms with Crippen LogP contribution in [0.25, 0.3) is 0 Å². The van der Waals surface area contributed by atoms with E-state index in [-0.39, 0.29) is 22.3 Å². The molecule has 28 heavy (non-hydrogen) atoms. The summed E-state index contributed by atoms with van der Waals surface area (Å²) >= 11 is 0.763. The fourth-order valence-corrected chi connectivity index (χ4v) is 3.61. The van der Waals surface area contributed by atoms with Gasteiger partial charge in [0, 0.05) is 24.1 Å². The number of carboxylic acids is 2. The predicted molar refractivity (Wildman–Crippen MR) is 95.5 cm³/mol. The maximum atomic E-state index is 13.5. The van der Waals surface area contributed by atoms with Crippen molar-refractivity contribution >= 4 is 28.8 Å². The van der Waals surface area contributed by atoms with Gasteiger partial charge in [0.15, 0.2) is 5.12 Å². The van der Waals surface area contributed by atoms with Gasteiger partial charge in [-0.2, -0.15) is 13.2 Å². The summed E-state index contributed by atoms with van der Waals surface area (Å²) in [7, 11) is 0. The van der Waals surface area contributed by atoms with Gasteiger partial charge >= 0.3 is 18.1 Å². The van der Waals surface area contributed by atoms with E-state index in [1.807, 2.05) is 0 Å². The van der Waals surface area contributed by atoms with Gasteiger partial charge in [-0.15, -0.1) is 0 Å². The molecule has 0 saturated heterocycles. The molecule has 0 fully saturated rings. The van der Waals surface area contributed by atoms with E-state index in [4.69, 9.17) is 0 Å². The van der Waals surface area contributed by atoms with Crippen molar-refractivity contribution in [1.29, 1.82) is 0 Å². The highest BCUT2D eigenvalue weighted by Crippen LogP contribution is 2.44. The predicted octanol–water partition coefficient (Wildman–Crippen LogP) is 3.37. The van der Waals surface area contributed by atoms with Crippen LogP contribution >= 0.6 is 11.8 Å². The summed E-state index contributed by atoms with van der Waals surface area (Å²) in [6.45, 7) is 2.60. The first-order chi connectivity index (χ1) is 12.9. The fourth-order valence-electron chi connectivity index (χ4n) is 3.04. The lowest BCUT2D eigenvalue weighted by Crippen LogP contribution is -2.33. The molecular formula is C18H16F3NO5S. The maximum absolute atomic E-state index is 13.5. The maximum Gasteiger partial charge on any atom is 0.416 e. The zero-order chi connectivity index (χ0) is 21.2. The molecule has 1 aromatic rings. The van der Waals surface area contributed by atoms with Crippen LogP contribution in [0, 0.1) is 0 Å². The Morgan fingerprint density at radius 3 is 2.18 bits per heavy atom. The fraction of sp³-hybridized carbons (Fsp3) is 0.278. The largest absolute Gasteiger partial charge is 0.478 e. The molecule has 2 rings (SSSR count). The third-order valence-corrected chi connectivity index (χ3v) is 4.94. The zero-order valence-corrected chi connectivity index (χ0v) is 15.6. The molecule has 150 valence electrons. The third-order valence-electron chi connectivity index (χ3n) is 4.10. The number of carbonyl (C=O) groups is 3. The monoisotopic (exact) mass is 415 g/mol. The number of dihydropyridines is 1. The molecule has 0 aromatic heterocycles. The summed E-state index contributed by atoms with van der Waals surface area (Å²) in [5.41, 5.74) is -2.63. The summed E-state index contributed by atoms with van der Waals surface area (Å²) in [5, 5.41) is 21.6. The molecule has 0 amide bonds. The van der Waals surface area contributed by atoms with E-state index in [1.165, 1.54) is 19.9 Å². The molecule has 0 spiro atoms. The van der Waals surface area contributed by atoms with Gasteiger partial charge in [0.2, 0.25) is 0 Å². The molecule has 6 nitrogen and oxygen atoms in total. The number of hydrogen-bond donors (Lipinski definition) is 3. The number of allylic oxidation sites excluding steroid dienone is 1. The topological polar surface area (TPSA) is 104 Å². The molecule has 0 saturated carbocycles. The number of carboxylic acid groups (broad SMARTS) is 2. The van der Waals surface area contributed by atoms with Crippen LogP contribution in [0.15, 0.2) is 46.8 Å². The highest BCUT2D eigenvalue weighted by atomic mass is 32.2. The van der Waals surface area contributed by atoms with Crippen LogP contribution in [0.1, 0.15) is 30.9 Å². The molecule has 1 atom stereocenters. The molecule has 1 heterocycles. The van der Waals surface area contributed by atoms with Crippen LogP contribution in [-0.4, -0.2) is 33.0 Å². The lowest BCUT2D eigenvalue weighted by atomic mass is 9.78. The number of thioether (sulfide) groups is 1. The van der Waals surface area contributed by atoms with Crippen molar-refractivity contribution in [1.82, 2.24) is 5.32 Å². The van der Waals surface area contributed by atoms with E-state index in [1.54, 1.807) is 0 Å². The number of nitrogens with one attached hydrogen (secondary N) is 1. The van der Waals surface area contributed by atoms with Gasteiger partial charge in [0.25, 0.3) is 0 Å². The molecule has 3 N–H and O–H groups in total. The Labute approximate surface area is 162 Å². The standard InChI is InChI=1S/C18H16F3NO5S/c1-8-13(16(24)25)14(10-5-3-4-6-11(10)18(19,20)21)15(17(26)27)12(22-8)7-28-9(2)23/h3-6,14,22H,7H2,1-2H3,(H,24,25)(H,26,27). The number of rotatable bonds is 5. The van der Waals surface area contributed by atoms with Crippen molar-refractivity contribution in [3.63, 3.8) is 0 Å². The molecule has 0 bridgehead atoms. The van der Waals surface area contributed by atoms with Crippen molar-refractivity contribution in [3.05, 3.63) is 57.9 Å². The normalized spacial score (nSPS) is 17.4. The molecule has 0 aliphatic carbocycles. The van der Waals surface area contributed by atoms with Crippen molar-refractivity contribution in [2.75, 3.05) is 5.75 Å². The summed E-state index contributed by atoms with van der Waals surface area (Å²) in [6.07, 6.45) is -4.81. The second kappa shape index (κ2) is 8.09. The highest BCUT2D eigenvalue weighted by molar-refractivity contribution is 8.13. The first kappa shape index (κ1) is 21.5. The Hall–Kier alpha value is -2.75. The molecule has 1 unspecified atom stereocenters. The summed E-state index contributed by atoms with van der Waals surface area (Å²) in [6, 6.07) is 4.26. The van der Waals surface area contributed by atoms with E-state index in [0.29, 0.717) is 0 Å². The van der Waals surface area contributed by atoms with Crippen LogP contribution in [0.4, 0.5) is 13.2 Å². The van der Waals surface area contributed by atoms with Crippen LogP contribution in [-0.2, 0) is 20.6 Å². The van der Waals surface area contributed by atoms with Crippen LogP contribution in [0.5, 0.6) is 0 Å². The van der Waals surface area contributed by atoms with Gasteiger partial charge in [0.05, 0.1) is 22.6 Å². The summed E-state index contributed by atoms with van der Waals surface area (Å²) < 4.78 is 40.5. The van der Waals surface area contributed by atoms with E-state index in [0.717, 1.165) is 30.0 Å². The van der Waals surface area contributed by atoms with Gasteiger partial charge in [-0.25, -0.2) is 9.59 Å². The van der Waals surface area contributed by atoms with Gasteiger partial charge in [0.1, 0.15) is 0 Å². The number of alkyl halides is 3. The summed E-state index contributed by atoms with van der Waals surface area (Å²) in [5.74, 6) is -4.91. The van der Waals surface area contributed by atoms with Crippen molar-refractivity contribution in [3.8, 4) is 0 Å². The van der Waals surface area contributed by atoms with Gasteiger partial charge < -0.3 is 15.5 Å². The number of carbonyl (C=O) groups excluding carboxylic acids is 1. The van der Waals surface area contributed by atoms with E-state index in [2.05, 4.69) is 5.32 Å². The second-order valence-electron chi connectivity index (χ2n) is 5.96. The number of aliphatic carboxylic acids is 2. The first-order valence-corrected chi connectivity index (χ1v) is 8.90. The summed E-state index contributed by atoms with van der Waals surface area (Å²) in [4.78, 5) is 35.0. The Balaban J connectivity index is 2.80. The molecule has 0 radical (unpaired) electrons. The van der Waals surface area contributed by atoms with Crippen LogP contribution in [0.3, 0.4) is 0 Å². The van der Waals surface area contributed by atoms with E-state index in [9.17, 15) is 37.8 Å². The second-order valence-corrected chi connectivity index (χ2v) is 7.12. The third kappa shape index (κ3) is 4.38. The molecule has 1 aliphatic rings. The number of hydrogen-bond acceptors (Lipinski definition) is 5. The number of halogens is 3. The Morgan fingerprint density at radius 2 is 1.68 bits per heavy atom. The smallest absolute Gasteiger partial charge is 0.416 e. The first-order valence-electron chi connectivity index (χ1n) is 7.92. The minimum absolute atomic E-state index is 0.0126. The Morgan fingerprint density at radius 1 is 1.11 bits per heavy atom. The quantitative estimate of drug-likeness (QED) is 0.677. The Kier molecular flexibility index (Phi) is 6.23. The highest BCUT2D eigenvalue weighted by Gasteiger charge is 2.42. The Bertz CT molecular complexity index is 905. The number of benzene rings is 1. The van der Waals surface area contributed by atoms with Gasteiger partial charge in [-0.1, -0.05) is 30.0 Å². The lowest BCUT2D eigenvalue weighted by molar-refractivity contribution is -0.139. The zero-order valence-electron chi connectivity index (χ0n) is 14.8. The average Bonchev–Trinajstić information content (AvgIpc) is 2.57. The van der Waals surface area contributed by atoms with E-state index < -0.39 is 46.3 Å². The van der Waals surface area contributed by atoms with Crippen molar-refractivity contribution < 1.29 is 37.8 Å². The molecule has 1 aromatic carbocycles. The van der Waals surface area contributed by atoms with Crippen LogP contribution in [0.2, 0.25) is 0 Å². The lowest BCUT2D eigenvalue weighted by Gasteiger charge is -2.31. The minimum atomic E-state index is -4.81. The average molecular weight is 415 g/mol. The van der Waals surface area contributed by atoms with E-state index >= 15 is 0 Å².